The summed E-state index contributed by atoms with van der Waals surface area (Å²) in [5, 5.41) is 0. The van der Waals surface area contributed by atoms with Crippen LogP contribution in [-0.2, 0) is 25.9 Å². The van der Waals surface area contributed by atoms with E-state index < -0.39 is 16.0 Å². The predicted octanol–water partition coefficient (Wildman–Crippen LogP) is 2.42. The van der Waals surface area contributed by atoms with Crippen molar-refractivity contribution >= 4 is 16.0 Å². The standard InChI is InChI=1S/C21H25NO6S/c1-16-3-8-19(29(24,25)22-10-13-27-14-11-22)15-20(16)21(23)28-18-6-4-17(5-7-18)9-12-26-2/h3-8,15H,9-14H2,1-2H3. The fourth-order valence-electron chi connectivity index (χ4n) is 3.02. The molecule has 29 heavy (non-hydrogen) atoms. The Morgan fingerprint density at radius 3 is 2.45 bits per heavy atom. The summed E-state index contributed by atoms with van der Waals surface area (Å²) >= 11 is 0. The fourth-order valence-corrected chi connectivity index (χ4v) is 4.46. The third-order valence-electron chi connectivity index (χ3n) is 4.77. The number of sulfonamides is 1. The minimum Gasteiger partial charge on any atom is -0.423 e. The van der Waals surface area contributed by atoms with Gasteiger partial charge in [0, 0.05) is 20.2 Å². The molecule has 0 aliphatic carbocycles. The zero-order chi connectivity index (χ0) is 20.9. The Kier molecular flexibility index (Phi) is 7.02. The van der Waals surface area contributed by atoms with E-state index in [1.54, 1.807) is 32.2 Å². The van der Waals surface area contributed by atoms with Gasteiger partial charge in [0.1, 0.15) is 5.75 Å². The average Bonchev–Trinajstić information content (AvgIpc) is 2.74. The summed E-state index contributed by atoms with van der Waals surface area (Å²) in [7, 11) is -2.04. The third-order valence-corrected chi connectivity index (χ3v) is 6.66. The largest absolute Gasteiger partial charge is 0.423 e. The molecule has 3 rings (SSSR count). The van der Waals surface area contributed by atoms with Crippen molar-refractivity contribution in [2.45, 2.75) is 18.2 Å². The molecule has 0 N–H and O–H groups in total. The van der Waals surface area contributed by atoms with Crippen molar-refractivity contribution < 1.29 is 27.4 Å². The molecule has 156 valence electrons. The molecule has 0 amide bonds. The normalized spacial score (nSPS) is 15.2. The number of methoxy groups -OCH3 is 1. The lowest BCUT2D eigenvalue weighted by Gasteiger charge is -2.26. The van der Waals surface area contributed by atoms with Crippen molar-refractivity contribution in [3.8, 4) is 5.75 Å². The van der Waals surface area contributed by atoms with E-state index in [9.17, 15) is 13.2 Å². The number of esters is 1. The Balaban J connectivity index is 1.77. The fraction of sp³-hybridized carbons (Fsp3) is 0.381. The van der Waals surface area contributed by atoms with Crippen molar-refractivity contribution in [2.24, 2.45) is 0 Å². The average molecular weight is 419 g/mol. The first kappa shape index (κ1) is 21.4. The van der Waals surface area contributed by atoms with Gasteiger partial charge < -0.3 is 14.2 Å². The second kappa shape index (κ2) is 9.49. The first-order valence-corrected chi connectivity index (χ1v) is 10.8. The quantitative estimate of drug-likeness (QED) is 0.506. The predicted molar refractivity (Wildman–Crippen MR) is 108 cm³/mol. The number of carbonyl (C=O) groups is 1. The van der Waals surface area contributed by atoms with Gasteiger partial charge in [-0.1, -0.05) is 18.2 Å². The second-order valence-corrected chi connectivity index (χ2v) is 8.71. The minimum absolute atomic E-state index is 0.0758. The molecule has 0 radical (unpaired) electrons. The number of nitrogens with zero attached hydrogens (tertiary/aromatic N) is 1. The van der Waals surface area contributed by atoms with E-state index in [4.69, 9.17) is 14.2 Å². The summed E-state index contributed by atoms with van der Waals surface area (Å²) in [4.78, 5) is 12.8. The molecule has 1 aliphatic rings. The minimum atomic E-state index is -3.69. The molecule has 0 spiro atoms. The molecule has 2 aromatic rings. The molecule has 0 atom stereocenters. The summed E-state index contributed by atoms with van der Waals surface area (Å²) in [5.74, 6) is -0.192. The van der Waals surface area contributed by atoms with E-state index >= 15 is 0 Å². The number of aryl methyl sites for hydroxylation is 1. The highest BCUT2D eigenvalue weighted by Crippen LogP contribution is 2.22. The highest BCUT2D eigenvalue weighted by Gasteiger charge is 2.27. The van der Waals surface area contributed by atoms with Gasteiger partial charge in [0.05, 0.1) is 30.3 Å². The number of hydrogen-bond donors (Lipinski definition) is 0. The van der Waals surface area contributed by atoms with E-state index in [1.807, 2.05) is 12.1 Å². The van der Waals surface area contributed by atoms with Crippen LogP contribution in [0.4, 0.5) is 0 Å². The van der Waals surface area contributed by atoms with E-state index in [-0.39, 0.29) is 10.5 Å². The summed E-state index contributed by atoms with van der Waals surface area (Å²) < 4.78 is 42.8. The highest BCUT2D eigenvalue weighted by molar-refractivity contribution is 7.89. The molecule has 0 saturated carbocycles. The van der Waals surface area contributed by atoms with Crippen LogP contribution in [-0.4, -0.2) is 58.7 Å². The monoisotopic (exact) mass is 419 g/mol. The van der Waals surface area contributed by atoms with E-state index in [2.05, 4.69) is 0 Å². The molecular formula is C21H25NO6S. The Labute approximate surface area is 171 Å². The zero-order valence-electron chi connectivity index (χ0n) is 16.6. The highest BCUT2D eigenvalue weighted by atomic mass is 32.2. The SMILES string of the molecule is COCCc1ccc(OC(=O)c2cc(S(=O)(=O)N3CCOCC3)ccc2C)cc1. The van der Waals surface area contributed by atoms with E-state index in [0.717, 1.165) is 12.0 Å². The zero-order valence-corrected chi connectivity index (χ0v) is 17.4. The first-order chi connectivity index (χ1) is 13.9. The van der Waals surface area contributed by atoms with Gasteiger partial charge in [0.2, 0.25) is 10.0 Å². The lowest BCUT2D eigenvalue weighted by Crippen LogP contribution is -2.40. The van der Waals surface area contributed by atoms with Crippen LogP contribution in [0.5, 0.6) is 5.75 Å². The van der Waals surface area contributed by atoms with Gasteiger partial charge in [-0.3, -0.25) is 0 Å². The number of carbonyl (C=O) groups excluding carboxylic acids is 1. The van der Waals surface area contributed by atoms with Crippen molar-refractivity contribution in [1.29, 1.82) is 0 Å². The van der Waals surface area contributed by atoms with Crippen molar-refractivity contribution in [3.05, 3.63) is 59.2 Å². The topological polar surface area (TPSA) is 82.1 Å². The molecule has 0 unspecified atom stereocenters. The molecule has 7 nitrogen and oxygen atoms in total. The van der Waals surface area contributed by atoms with Crippen molar-refractivity contribution in [2.75, 3.05) is 40.0 Å². The van der Waals surface area contributed by atoms with Crippen LogP contribution < -0.4 is 4.74 Å². The Hall–Kier alpha value is -2.26. The first-order valence-electron chi connectivity index (χ1n) is 9.40. The van der Waals surface area contributed by atoms with Gasteiger partial charge in [-0.2, -0.15) is 4.31 Å². The number of rotatable bonds is 7. The molecule has 1 aliphatic heterocycles. The summed E-state index contributed by atoms with van der Waals surface area (Å²) in [6.45, 7) is 3.68. The van der Waals surface area contributed by atoms with Crippen LogP contribution in [0.15, 0.2) is 47.4 Å². The van der Waals surface area contributed by atoms with E-state index in [0.29, 0.717) is 44.2 Å². The van der Waals surface area contributed by atoms with Crippen molar-refractivity contribution in [3.63, 3.8) is 0 Å². The van der Waals surface area contributed by atoms with Gasteiger partial charge in [-0.15, -0.1) is 0 Å². The molecule has 1 heterocycles. The molecule has 0 bridgehead atoms. The maximum atomic E-state index is 12.9. The van der Waals surface area contributed by atoms with Crippen LogP contribution >= 0.6 is 0 Å². The van der Waals surface area contributed by atoms with Gasteiger partial charge in [-0.25, -0.2) is 13.2 Å². The molecule has 1 saturated heterocycles. The lowest BCUT2D eigenvalue weighted by molar-refractivity contribution is 0.0727. The van der Waals surface area contributed by atoms with Crippen LogP contribution in [0.2, 0.25) is 0 Å². The third kappa shape index (κ3) is 5.22. The maximum absolute atomic E-state index is 12.9. The maximum Gasteiger partial charge on any atom is 0.343 e. The summed E-state index contributed by atoms with van der Waals surface area (Å²) in [5.41, 5.74) is 1.94. The molecule has 2 aromatic carbocycles. The van der Waals surface area contributed by atoms with Gasteiger partial charge in [-0.05, 0) is 48.7 Å². The van der Waals surface area contributed by atoms with Gasteiger partial charge in [0.15, 0.2) is 0 Å². The smallest absolute Gasteiger partial charge is 0.343 e. The van der Waals surface area contributed by atoms with Crippen molar-refractivity contribution in [1.82, 2.24) is 4.31 Å². The number of hydrogen-bond acceptors (Lipinski definition) is 6. The number of morpholine rings is 1. The van der Waals surface area contributed by atoms with Gasteiger partial charge >= 0.3 is 5.97 Å². The lowest BCUT2D eigenvalue weighted by atomic mass is 10.1. The van der Waals surface area contributed by atoms with Crippen LogP contribution in [0.1, 0.15) is 21.5 Å². The van der Waals surface area contributed by atoms with Crippen LogP contribution in [0.25, 0.3) is 0 Å². The Morgan fingerprint density at radius 2 is 1.79 bits per heavy atom. The summed E-state index contributed by atoms with van der Waals surface area (Å²) in [6.07, 6.45) is 0.769. The Morgan fingerprint density at radius 1 is 1.10 bits per heavy atom. The molecule has 1 fully saturated rings. The van der Waals surface area contributed by atoms with Crippen LogP contribution in [0, 0.1) is 6.92 Å². The molecular weight excluding hydrogens is 394 g/mol. The second-order valence-electron chi connectivity index (χ2n) is 6.77. The molecule has 8 heteroatoms. The molecule has 0 aromatic heterocycles. The Bertz CT molecular complexity index is 950. The van der Waals surface area contributed by atoms with Gasteiger partial charge in [0.25, 0.3) is 0 Å². The number of benzene rings is 2. The van der Waals surface area contributed by atoms with Crippen LogP contribution in [0.3, 0.4) is 0 Å². The van der Waals surface area contributed by atoms with E-state index in [1.165, 1.54) is 16.4 Å². The summed E-state index contributed by atoms with van der Waals surface area (Å²) in [6, 6.07) is 11.7. The number of ether oxygens (including phenoxy) is 3.